The summed E-state index contributed by atoms with van der Waals surface area (Å²) in [7, 11) is 0. The number of anilines is 1. The van der Waals surface area contributed by atoms with Crippen molar-refractivity contribution in [1.29, 1.82) is 0 Å². The first kappa shape index (κ1) is 32.0. The van der Waals surface area contributed by atoms with Gasteiger partial charge in [-0.2, -0.15) is 0 Å². The van der Waals surface area contributed by atoms with Crippen LogP contribution in [0.2, 0.25) is 0 Å². The molecule has 3 unspecified atom stereocenters. The van der Waals surface area contributed by atoms with Gasteiger partial charge in [0.05, 0.1) is 18.5 Å². The second kappa shape index (κ2) is 13.6. The van der Waals surface area contributed by atoms with Crippen LogP contribution >= 0.6 is 0 Å². The van der Waals surface area contributed by atoms with Gasteiger partial charge in [-0.25, -0.2) is 15.0 Å². The van der Waals surface area contributed by atoms with Crippen molar-refractivity contribution in [3.05, 3.63) is 156 Å². The number of nitrogens with zero attached hydrogens (tertiary/aromatic N) is 5. The van der Waals surface area contributed by atoms with E-state index in [0.717, 1.165) is 23.2 Å². The third kappa shape index (κ3) is 5.76. The molecule has 2 saturated heterocycles. The molecule has 0 saturated carbocycles. The Kier molecular flexibility index (Phi) is 8.68. The summed E-state index contributed by atoms with van der Waals surface area (Å²) in [5, 5.41) is 6.47. The highest BCUT2D eigenvalue weighted by Crippen LogP contribution is 2.46. The fourth-order valence-corrected chi connectivity index (χ4v) is 7.46. The van der Waals surface area contributed by atoms with Crippen LogP contribution in [0, 0.1) is 0 Å². The van der Waals surface area contributed by atoms with Crippen LogP contribution in [0.1, 0.15) is 40.2 Å². The van der Waals surface area contributed by atoms with Crippen LogP contribution in [0.3, 0.4) is 0 Å². The molecule has 2 fully saturated rings. The average Bonchev–Trinajstić information content (AvgIpc) is 3.62. The minimum absolute atomic E-state index is 0.270. The van der Waals surface area contributed by atoms with Crippen molar-refractivity contribution in [2.24, 2.45) is 0 Å². The first-order valence-corrected chi connectivity index (χ1v) is 17.0. The van der Waals surface area contributed by atoms with Crippen molar-refractivity contribution in [3.63, 3.8) is 0 Å². The summed E-state index contributed by atoms with van der Waals surface area (Å²) >= 11 is 0. The quantitative estimate of drug-likeness (QED) is 0.201. The van der Waals surface area contributed by atoms with Gasteiger partial charge < -0.3 is 20.1 Å². The minimum Gasteiger partial charge on any atom is -0.370 e. The molecule has 2 aliphatic rings. The molecule has 10 nitrogen and oxygen atoms in total. The number of fused-ring (bicyclic) bond motifs is 1. The number of carbonyl (C=O) groups is 1. The molecule has 6 aromatic rings. The molecule has 50 heavy (non-hydrogen) atoms. The minimum atomic E-state index is -0.678. The summed E-state index contributed by atoms with van der Waals surface area (Å²) < 4.78 is 15.6. The zero-order valence-corrected chi connectivity index (χ0v) is 27.9. The van der Waals surface area contributed by atoms with E-state index in [1.165, 1.54) is 6.33 Å². The number of hydrogen-bond donors (Lipinski definition) is 2. The van der Waals surface area contributed by atoms with Crippen LogP contribution in [0.25, 0.3) is 11.2 Å². The molecule has 4 aromatic carbocycles. The molecule has 4 heterocycles. The van der Waals surface area contributed by atoms with Crippen molar-refractivity contribution in [1.82, 2.24) is 29.7 Å². The third-order valence-electron chi connectivity index (χ3n) is 9.94. The largest absolute Gasteiger partial charge is 0.370 e. The van der Waals surface area contributed by atoms with Crippen LogP contribution in [0.5, 0.6) is 0 Å². The first-order valence-electron chi connectivity index (χ1n) is 17.0. The molecule has 10 heteroatoms. The van der Waals surface area contributed by atoms with Crippen LogP contribution < -0.4 is 10.6 Å². The number of benzene rings is 4. The molecule has 2 N–H and O–H groups in total. The molecular formula is C40H39N7O3. The van der Waals surface area contributed by atoms with E-state index in [-0.39, 0.29) is 12.0 Å². The Hall–Kier alpha value is -5.26. The molecule has 1 amide bonds. The lowest BCUT2D eigenvalue weighted by molar-refractivity contribution is -0.218. The van der Waals surface area contributed by atoms with Gasteiger partial charge in [-0.05, 0) is 35.7 Å². The predicted octanol–water partition coefficient (Wildman–Crippen LogP) is 5.65. The lowest BCUT2D eigenvalue weighted by Crippen LogP contribution is -2.65. The Balaban J connectivity index is 1.27. The standard InChI is InChI=1S/C40H39N7O3/c1-39(26-41-22-23-49-39)33-24-46(40(30-16-8-3-9-17-30,31-18-10-4-11-19-31)32-20-12-5-13-21-32)25-34(50-33)47-28-44-35-36(42-27-43-37(35)47)45-38(48)29-14-6-2-7-15-29/h2-21,27-28,33-34,41H,22-26H2,1H3,(H,42,43,45,48). The van der Waals surface area contributed by atoms with Crippen molar-refractivity contribution < 1.29 is 14.3 Å². The van der Waals surface area contributed by atoms with Crippen LogP contribution in [0.4, 0.5) is 5.82 Å². The molecule has 3 atom stereocenters. The van der Waals surface area contributed by atoms with E-state index in [1.54, 1.807) is 18.5 Å². The van der Waals surface area contributed by atoms with Gasteiger partial charge >= 0.3 is 0 Å². The fraction of sp³-hybridized carbons (Fsp3) is 0.250. The zero-order valence-electron chi connectivity index (χ0n) is 27.9. The summed E-state index contributed by atoms with van der Waals surface area (Å²) in [6, 6.07) is 41.1. The fourth-order valence-electron chi connectivity index (χ4n) is 7.46. The van der Waals surface area contributed by atoms with Gasteiger partial charge in [0.25, 0.3) is 5.91 Å². The van der Waals surface area contributed by atoms with Crippen molar-refractivity contribution in [3.8, 4) is 0 Å². The molecule has 2 aliphatic heterocycles. The average molecular weight is 666 g/mol. The summed E-state index contributed by atoms with van der Waals surface area (Å²) in [4.78, 5) is 29.5. The molecule has 0 spiro atoms. The summed E-state index contributed by atoms with van der Waals surface area (Å²) in [6.07, 6.45) is 2.35. The highest BCUT2D eigenvalue weighted by Gasteiger charge is 2.51. The van der Waals surface area contributed by atoms with Crippen LogP contribution in [-0.2, 0) is 15.0 Å². The topological polar surface area (TPSA) is 106 Å². The molecule has 252 valence electrons. The Morgan fingerprint density at radius 3 is 2.00 bits per heavy atom. The predicted molar refractivity (Wildman–Crippen MR) is 192 cm³/mol. The third-order valence-corrected chi connectivity index (χ3v) is 9.94. The van der Waals surface area contributed by atoms with E-state index in [2.05, 4.69) is 123 Å². The number of hydrogen-bond acceptors (Lipinski definition) is 8. The number of ether oxygens (including phenoxy) is 2. The van der Waals surface area contributed by atoms with Crippen LogP contribution in [0.15, 0.2) is 134 Å². The highest BCUT2D eigenvalue weighted by atomic mass is 16.6. The molecule has 8 rings (SSSR count). The number of carbonyl (C=O) groups excluding carboxylic acids is 1. The van der Waals surface area contributed by atoms with Crippen molar-refractivity contribution in [2.45, 2.75) is 30.4 Å². The van der Waals surface area contributed by atoms with E-state index in [4.69, 9.17) is 14.5 Å². The molecule has 2 aromatic heterocycles. The monoisotopic (exact) mass is 665 g/mol. The second-order valence-corrected chi connectivity index (χ2v) is 13.0. The molecule has 0 aliphatic carbocycles. The smallest absolute Gasteiger partial charge is 0.256 e. The van der Waals surface area contributed by atoms with Gasteiger partial charge in [-0.3, -0.25) is 14.3 Å². The van der Waals surface area contributed by atoms with Gasteiger partial charge in [0.2, 0.25) is 0 Å². The van der Waals surface area contributed by atoms with E-state index >= 15 is 0 Å². The maximum absolute atomic E-state index is 13.1. The van der Waals surface area contributed by atoms with Gasteiger partial charge in [-0.15, -0.1) is 0 Å². The highest BCUT2D eigenvalue weighted by molar-refractivity contribution is 6.06. The van der Waals surface area contributed by atoms with Crippen LogP contribution in [-0.4, -0.2) is 74.8 Å². The molecular weight excluding hydrogens is 626 g/mol. The summed E-state index contributed by atoms with van der Waals surface area (Å²) in [5.41, 5.74) is 3.73. The number of imidazole rings is 1. The Labute approximate surface area is 291 Å². The SMILES string of the molecule is CC1(C2CN(C(c3ccccc3)(c3ccccc3)c3ccccc3)CC(n3cnc4c(NC(=O)c5ccccc5)ncnc43)O2)CNCCO1. The Morgan fingerprint density at radius 2 is 1.42 bits per heavy atom. The van der Waals surface area contributed by atoms with Gasteiger partial charge in [-0.1, -0.05) is 109 Å². The number of amides is 1. The van der Waals surface area contributed by atoms with E-state index in [9.17, 15) is 4.79 Å². The first-order chi connectivity index (χ1) is 24.6. The van der Waals surface area contributed by atoms with Gasteiger partial charge in [0, 0.05) is 31.7 Å². The maximum Gasteiger partial charge on any atom is 0.256 e. The number of rotatable bonds is 8. The number of aromatic nitrogens is 4. The van der Waals surface area contributed by atoms with Crippen molar-refractivity contribution >= 4 is 22.9 Å². The van der Waals surface area contributed by atoms with Gasteiger partial charge in [0.15, 0.2) is 17.0 Å². The van der Waals surface area contributed by atoms with E-state index in [0.29, 0.717) is 48.8 Å². The second-order valence-electron chi connectivity index (χ2n) is 13.0. The normalized spacial score (nSPS) is 21.5. The number of morpholine rings is 2. The Bertz CT molecular complexity index is 1960. The lowest BCUT2D eigenvalue weighted by Gasteiger charge is -2.53. The summed E-state index contributed by atoms with van der Waals surface area (Å²) in [6.45, 7) is 5.25. The maximum atomic E-state index is 13.1. The zero-order chi connectivity index (χ0) is 34.0. The molecule has 0 bridgehead atoms. The summed E-state index contributed by atoms with van der Waals surface area (Å²) in [5.74, 6) is 0.0688. The lowest BCUT2D eigenvalue weighted by atomic mass is 9.74. The molecule has 0 radical (unpaired) electrons. The number of nitrogens with one attached hydrogen (secondary N) is 2. The van der Waals surface area contributed by atoms with Gasteiger partial charge in [0.1, 0.15) is 24.3 Å². The van der Waals surface area contributed by atoms with E-state index in [1.807, 2.05) is 22.8 Å². The van der Waals surface area contributed by atoms with E-state index < -0.39 is 17.4 Å². The Morgan fingerprint density at radius 1 is 0.820 bits per heavy atom. The van der Waals surface area contributed by atoms with Crippen molar-refractivity contribution in [2.75, 3.05) is 38.1 Å².